The summed E-state index contributed by atoms with van der Waals surface area (Å²) in [5.41, 5.74) is 4.66. The van der Waals surface area contributed by atoms with Gasteiger partial charge >= 0.3 is 0 Å². The van der Waals surface area contributed by atoms with Crippen molar-refractivity contribution in [1.29, 1.82) is 0 Å². The zero-order valence-corrected chi connectivity index (χ0v) is 21.8. The predicted octanol–water partition coefficient (Wildman–Crippen LogP) is 6.64. The third kappa shape index (κ3) is 4.96. The number of allylic oxidation sites excluding steroid dienone is 1. The van der Waals surface area contributed by atoms with Crippen LogP contribution in [0.15, 0.2) is 84.9 Å². The van der Waals surface area contributed by atoms with E-state index in [1.165, 1.54) is 6.08 Å². The van der Waals surface area contributed by atoms with Crippen molar-refractivity contribution < 1.29 is 19.0 Å². The molecule has 0 spiro atoms. The van der Waals surface area contributed by atoms with Crippen LogP contribution in [0.4, 0.5) is 0 Å². The fourth-order valence-corrected chi connectivity index (χ4v) is 4.24. The highest BCUT2D eigenvalue weighted by atomic mass is 35.5. The number of ketones is 1. The van der Waals surface area contributed by atoms with Crippen LogP contribution >= 0.6 is 11.6 Å². The van der Waals surface area contributed by atoms with Gasteiger partial charge in [-0.25, -0.2) is 9.50 Å². The molecule has 0 unspecified atom stereocenters. The van der Waals surface area contributed by atoms with Gasteiger partial charge in [0, 0.05) is 22.2 Å². The van der Waals surface area contributed by atoms with E-state index in [4.69, 9.17) is 30.9 Å². The number of methoxy groups -OCH3 is 3. The fraction of sp³-hybridized carbons (Fsp3) is 0.100. The van der Waals surface area contributed by atoms with Crippen molar-refractivity contribution in [3.05, 3.63) is 101 Å². The quantitative estimate of drug-likeness (QED) is 0.167. The standard InChI is InChI=1S/C30H24ClN3O4/c1-36-27-15-21(16-28(37-2)30(27)38-3)25-17-24(26(35)14-11-19-9-12-22(31)13-10-19)32-29-18-23(33-34(25)29)20-7-5-4-6-8-20/h4-18H,1-3H3/b14-11+. The lowest BCUT2D eigenvalue weighted by atomic mass is 10.1. The minimum atomic E-state index is -0.251. The summed E-state index contributed by atoms with van der Waals surface area (Å²) >= 11 is 5.97. The van der Waals surface area contributed by atoms with Crippen LogP contribution in [0.5, 0.6) is 17.2 Å². The van der Waals surface area contributed by atoms with Crippen LogP contribution in [0.1, 0.15) is 16.1 Å². The molecule has 7 nitrogen and oxygen atoms in total. The predicted molar refractivity (Wildman–Crippen MR) is 148 cm³/mol. The van der Waals surface area contributed by atoms with Crippen molar-refractivity contribution in [2.75, 3.05) is 21.3 Å². The lowest BCUT2D eigenvalue weighted by molar-refractivity contribution is 0.104. The number of fused-ring (bicyclic) bond motifs is 1. The largest absolute Gasteiger partial charge is 0.493 e. The summed E-state index contributed by atoms with van der Waals surface area (Å²) in [6.07, 6.45) is 3.23. The number of hydrogen-bond acceptors (Lipinski definition) is 6. The van der Waals surface area contributed by atoms with Gasteiger partial charge < -0.3 is 14.2 Å². The lowest BCUT2D eigenvalue weighted by Gasteiger charge is -2.15. The Labute approximate surface area is 224 Å². The second-order valence-corrected chi connectivity index (χ2v) is 8.79. The van der Waals surface area contributed by atoms with Gasteiger partial charge in [-0.2, -0.15) is 5.10 Å². The van der Waals surface area contributed by atoms with Gasteiger partial charge in [-0.15, -0.1) is 0 Å². The number of carbonyl (C=O) groups excluding carboxylic acids is 1. The van der Waals surface area contributed by atoms with Gasteiger partial charge in [0.2, 0.25) is 11.5 Å². The Bertz CT molecular complexity index is 1620. The molecule has 0 saturated heterocycles. The molecule has 0 atom stereocenters. The van der Waals surface area contributed by atoms with Gasteiger partial charge in [-0.05, 0) is 42.0 Å². The van der Waals surface area contributed by atoms with E-state index in [0.29, 0.717) is 39.2 Å². The zero-order valence-electron chi connectivity index (χ0n) is 21.0. The second-order valence-electron chi connectivity index (χ2n) is 8.36. The molecule has 38 heavy (non-hydrogen) atoms. The van der Waals surface area contributed by atoms with E-state index in [2.05, 4.69) is 4.98 Å². The first-order valence-electron chi connectivity index (χ1n) is 11.8. The van der Waals surface area contributed by atoms with E-state index in [9.17, 15) is 4.79 Å². The Morgan fingerprint density at radius 2 is 1.53 bits per heavy atom. The zero-order chi connectivity index (χ0) is 26.6. The highest BCUT2D eigenvalue weighted by molar-refractivity contribution is 6.30. The van der Waals surface area contributed by atoms with E-state index >= 15 is 0 Å². The molecular weight excluding hydrogens is 502 g/mol. The van der Waals surface area contributed by atoms with Crippen molar-refractivity contribution in [2.24, 2.45) is 0 Å². The Hall–Kier alpha value is -4.62. The first kappa shape index (κ1) is 25.0. The summed E-state index contributed by atoms with van der Waals surface area (Å²) in [5, 5.41) is 5.44. The Morgan fingerprint density at radius 3 is 2.16 bits per heavy atom. The summed E-state index contributed by atoms with van der Waals surface area (Å²) in [6.45, 7) is 0. The van der Waals surface area contributed by atoms with Gasteiger partial charge in [0.1, 0.15) is 5.69 Å². The number of rotatable bonds is 8. The van der Waals surface area contributed by atoms with Crippen molar-refractivity contribution in [3.63, 3.8) is 0 Å². The average Bonchev–Trinajstić information content (AvgIpc) is 3.40. The minimum absolute atomic E-state index is 0.251. The summed E-state index contributed by atoms with van der Waals surface area (Å²) in [6, 6.07) is 24.2. The molecule has 0 N–H and O–H groups in total. The number of hydrogen-bond donors (Lipinski definition) is 0. The molecule has 0 bridgehead atoms. The molecule has 5 rings (SSSR count). The maximum atomic E-state index is 13.3. The Kier molecular flexibility index (Phi) is 7.11. The highest BCUT2D eigenvalue weighted by Gasteiger charge is 2.19. The molecule has 0 fully saturated rings. The highest BCUT2D eigenvalue weighted by Crippen LogP contribution is 2.41. The SMILES string of the molecule is COc1cc(-c2cc(C(=O)/C=C/c3ccc(Cl)cc3)nc3cc(-c4ccccc4)nn23)cc(OC)c1OC. The molecule has 2 aromatic heterocycles. The molecule has 0 amide bonds. The molecule has 190 valence electrons. The number of carbonyl (C=O) groups is 1. The second kappa shape index (κ2) is 10.8. The monoisotopic (exact) mass is 525 g/mol. The van der Waals surface area contributed by atoms with E-state index < -0.39 is 0 Å². The van der Waals surface area contributed by atoms with E-state index in [0.717, 1.165) is 16.8 Å². The first-order chi connectivity index (χ1) is 18.5. The van der Waals surface area contributed by atoms with Crippen LogP contribution in [0.2, 0.25) is 5.02 Å². The van der Waals surface area contributed by atoms with Crippen molar-refractivity contribution in [2.45, 2.75) is 0 Å². The average molecular weight is 526 g/mol. The maximum absolute atomic E-state index is 13.3. The Morgan fingerprint density at radius 1 is 0.842 bits per heavy atom. The molecule has 0 saturated carbocycles. The van der Waals surface area contributed by atoms with Gasteiger partial charge in [-0.3, -0.25) is 4.79 Å². The van der Waals surface area contributed by atoms with E-state index in [1.54, 1.807) is 50.1 Å². The van der Waals surface area contributed by atoms with Gasteiger partial charge in [0.05, 0.1) is 32.7 Å². The third-order valence-electron chi connectivity index (χ3n) is 6.01. The number of nitrogens with zero attached hydrogens (tertiary/aromatic N) is 3. The first-order valence-corrected chi connectivity index (χ1v) is 12.1. The fourth-order valence-electron chi connectivity index (χ4n) is 4.12. The maximum Gasteiger partial charge on any atom is 0.204 e. The van der Waals surface area contributed by atoms with Crippen molar-refractivity contribution >= 4 is 29.1 Å². The summed E-state index contributed by atoms with van der Waals surface area (Å²) in [7, 11) is 4.66. The van der Waals surface area contributed by atoms with Crippen molar-refractivity contribution in [1.82, 2.24) is 14.6 Å². The van der Waals surface area contributed by atoms with Gasteiger partial charge in [-0.1, -0.05) is 60.1 Å². The summed E-state index contributed by atoms with van der Waals surface area (Å²) < 4.78 is 18.3. The van der Waals surface area contributed by atoms with Crippen LogP contribution < -0.4 is 14.2 Å². The molecule has 0 aliphatic rings. The Balaban J connectivity index is 1.67. The molecule has 5 aromatic rings. The van der Waals surface area contributed by atoms with Gasteiger partial charge in [0.25, 0.3) is 0 Å². The molecule has 3 aromatic carbocycles. The van der Waals surface area contributed by atoms with Gasteiger partial charge in [0.15, 0.2) is 17.1 Å². The normalized spacial score (nSPS) is 11.2. The smallest absolute Gasteiger partial charge is 0.204 e. The van der Waals surface area contributed by atoms with Crippen LogP contribution in [-0.2, 0) is 0 Å². The number of benzene rings is 3. The molecule has 2 heterocycles. The van der Waals surface area contributed by atoms with Crippen LogP contribution in [0.3, 0.4) is 0 Å². The van der Waals surface area contributed by atoms with E-state index in [1.807, 2.05) is 60.7 Å². The lowest BCUT2D eigenvalue weighted by Crippen LogP contribution is -2.05. The molecule has 0 aliphatic heterocycles. The number of aromatic nitrogens is 3. The number of halogens is 1. The molecule has 0 aliphatic carbocycles. The molecule has 8 heteroatoms. The molecule has 0 radical (unpaired) electrons. The van der Waals surface area contributed by atoms with Crippen LogP contribution in [0.25, 0.3) is 34.2 Å². The number of ether oxygens (including phenoxy) is 3. The minimum Gasteiger partial charge on any atom is -0.493 e. The van der Waals surface area contributed by atoms with Crippen LogP contribution in [0, 0.1) is 0 Å². The summed E-state index contributed by atoms with van der Waals surface area (Å²) in [5.74, 6) is 1.19. The topological polar surface area (TPSA) is 75.0 Å². The van der Waals surface area contributed by atoms with Crippen molar-refractivity contribution in [3.8, 4) is 39.8 Å². The van der Waals surface area contributed by atoms with Crippen LogP contribution in [-0.4, -0.2) is 41.7 Å². The van der Waals surface area contributed by atoms with E-state index in [-0.39, 0.29) is 11.5 Å². The molecular formula is C30H24ClN3O4. The summed E-state index contributed by atoms with van der Waals surface area (Å²) in [4.78, 5) is 17.9. The third-order valence-corrected chi connectivity index (χ3v) is 6.26.